The molecule has 0 saturated heterocycles. The third kappa shape index (κ3) is 7.61. The van der Waals surface area contributed by atoms with E-state index in [1.807, 2.05) is 11.8 Å². The molecule has 0 aromatic rings. The molecular formula is C14H26N2S. The molecule has 1 heterocycles. The number of allylic oxidation sites excluding steroid dienone is 1. The van der Waals surface area contributed by atoms with E-state index in [4.69, 9.17) is 0 Å². The summed E-state index contributed by atoms with van der Waals surface area (Å²) in [6, 6.07) is 0. The second kappa shape index (κ2) is 8.76. The lowest BCUT2D eigenvalue weighted by Gasteiger charge is -2.08. The first-order valence-electron chi connectivity index (χ1n) is 6.68. The second-order valence-electron chi connectivity index (χ2n) is 4.98. The zero-order valence-electron chi connectivity index (χ0n) is 11.5. The maximum atomic E-state index is 4.56. The molecule has 0 bridgehead atoms. The van der Waals surface area contributed by atoms with Crippen LogP contribution >= 0.6 is 11.8 Å². The summed E-state index contributed by atoms with van der Waals surface area (Å²) in [5, 5.41) is 0.573. The first-order chi connectivity index (χ1) is 8.18. The van der Waals surface area contributed by atoms with Crippen LogP contribution in [0.1, 0.15) is 39.0 Å². The molecule has 98 valence electrons. The van der Waals surface area contributed by atoms with Crippen LogP contribution in [0.3, 0.4) is 0 Å². The predicted molar refractivity (Wildman–Crippen MR) is 80.1 cm³/mol. The van der Waals surface area contributed by atoms with E-state index in [1.54, 1.807) is 0 Å². The third-order valence-corrected chi connectivity index (χ3v) is 3.92. The number of unbranched alkanes of at least 4 members (excludes halogenated alkanes) is 3. The molecule has 0 radical (unpaired) electrons. The number of thioether (sulfide) groups is 1. The molecule has 0 aliphatic carbocycles. The molecule has 1 unspecified atom stereocenters. The molecule has 1 aliphatic rings. The maximum absolute atomic E-state index is 4.56. The van der Waals surface area contributed by atoms with Gasteiger partial charge in [-0.1, -0.05) is 18.9 Å². The van der Waals surface area contributed by atoms with E-state index in [1.165, 1.54) is 37.9 Å². The summed E-state index contributed by atoms with van der Waals surface area (Å²) >= 11 is 1.96. The Morgan fingerprint density at radius 2 is 2.06 bits per heavy atom. The van der Waals surface area contributed by atoms with Crippen LogP contribution in [0.4, 0.5) is 0 Å². The van der Waals surface area contributed by atoms with Crippen molar-refractivity contribution < 1.29 is 0 Å². The molecule has 0 saturated carbocycles. The van der Waals surface area contributed by atoms with Gasteiger partial charge >= 0.3 is 0 Å². The molecular weight excluding hydrogens is 228 g/mol. The Kier molecular flexibility index (Phi) is 7.62. The lowest BCUT2D eigenvalue weighted by Crippen LogP contribution is -2.12. The van der Waals surface area contributed by atoms with Crippen LogP contribution in [0, 0.1) is 0 Å². The van der Waals surface area contributed by atoms with Crippen molar-refractivity contribution >= 4 is 18.0 Å². The average Bonchev–Trinajstić information content (AvgIpc) is 2.48. The van der Waals surface area contributed by atoms with E-state index in [2.05, 4.69) is 43.2 Å². The molecule has 0 aromatic heterocycles. The van der Waals surface area contributed by atoms with Gasteiger partial charge in [-0.2, -0.15) is 0 Å². The van der Waals surface area contributed by atoms with Crippen molar-refractivity contribution in [1.82, 2.24) is 4.90 Å². The summed E-state index contributed by atoms with van der Waals surface area (Å²) in [5.41, 5.74) is 1.30. The Morgan fingerprint density at radius 1 is 1.29 bits per heavy atom. The van der Waals surface area contributed by atoms with Crippen molar-refractivity contribution in [2.24, 2.45) is 4.99 Å². The summed E-state index contributed by atoms with van der Waals surface area (Å²) in [4.78, 5) is 6.82. The second-order valence-corrected chi connectivity index (χ2v) is 6.39. The molecule has 1 atom stereocenters. The van der Waals surface area contributed by atoms with Gasteiger partial charge in [0.15, 0.2) is 0 Å². The van der Waals surface area contributed by atoms with E-state index in [0.717, 1.165) is 12.2 Å². The van der Waals surface area contributed by atoms with E-state index in [-0.39, 0.29) is 0 Å². The van der Waals surface area contributed by atoms with Gasteiger partial charge in [-0.3, -0.25) is 4.99 Å². The Bertz CT molecular complexity index is 259. The van der Waals surface area contributed by atoms with Crippen molar-refractivity contribution in [2.75, 3.05) is 26.4 Å². The van der Waals surface area contributed by atoms with Gasteiger partial charge in [-0.15, -0.1) is 11.8 Å². The van der Waals surface area contributed by atoms with E-state index in [9.17, 15) is 0 Å². The smallest absolute Gasteiger partial charge is 0.0375 e. The van der Waals surface area contributed by atoms with Gasteiger partial charge in [0.25, 0.3) is 0 Å². The highest BCUT2D eigenvalue weighted by Crippen LogP contribution is 2.18. The standard InChI is InChI=1S/C14H26N2S/c1-13-12-15-14(9-11-17-13)8-6-4-5-7-10-16(2)3/h9,12-13H,4-8,10-11H2,1-3H3. The predicted octanol–water partition coefficient (Wildman–Crippen LogP) is 3.59. The van der Waals surface area contributed by atoms with E-state index < -0.39 is 0 Å². The zero-order valence-corrected chi connectivity index (χ0v) is 12.3. The van der Waals surface area contributed by atoms with Crippen LogP contribution in [0.15, 0.2) is 16.8 Å². The minimum absolute atomic E-state index is 0.573. The van der Waals surface area contributed by atoms with E-state index in [0.29, 0.717) is 5.25 Å². The third-order valence-electron chi connectivity index (χ3n) is 2.92. The minimum Gasteiger partial charge on any atom is -0.309 e. The Hall–Kier alpha value is -0.280. The van der Waals surface area contributed by atoms with Crippen molar-refractivity contribution in [2.45, 2.75) is 44.3 Å². The molecule has 0 fully saturated rings. The summed E-state index contributed by atoms with van der Waals surface area (Å²) in [5.74, 6) is 1.12. The summed E-state index contributed by atoms with van der Waals surface area (Å²) in [7, 11) is 4.29. The van der Waals surface area contributed by atoms with Gasteiger partial charge in [0.1, 0.15) is 0 Å². The Labute approximate surface area is 111 Å². The summed E-state index contributed by atoms with van der Waals surface area (Å²) < 4.78 is 0. The molecule has 2 nitrogen and oxygen atoms in total. The number of hydrogen-bond donors (Lipinski definition) is 0. The van der Waals surface area contributed by atoms with Crippen LogP contribution in [-0.4, -0.2) is 42.8 Å². The largest absolute Gasteiger partial charge is 0.309 e. The normalized spacial score (nSPS) is 20.5. The fourth-order valence-electron chi connectivity index (χ4n) is 1.85. The van der Waals surface area contributed by atoms with Crippen molar-refractivity contribution in [1.29, 1.82) is 0 Å². The fraction of sp³-hybridized carbons (Fsp3) is 0.786. The highest BCUT2D eigenvalue weighted by Gasteiger charge is 2.03. The van der Waals surface area contributed by atoms with Gasteiger partial charge in [-0.25, -0.2) is 0 Å². The van der Waals surface area contributed by atoms with Gasteiger partial charge in [0.2, 0.25) is 0 Å². The molecule has 0 N–H and O–H groups in total. The molecule has 0 amide bonds. The highest BCUT2D eigenvalue weighted by atomic mass is 32.2. The van der Waals surface area contributed by atoms with E-state index >= 15 is 0 Å². The zero-order chi connectivity index (χ0) is 12.5. The molecule has 3 heteroatoms. The Balaban J connectivity index is 2.06. The van der Waals surface area contributed by atoms with Crippen LogP contribution in [-0.2, 0) is 0 Å². The van der Waals surface area contributed by atoms with Gasteiger partial charge in [-0.05, 0) is 46.8 Å². The number of aliphatic imine (C=N–C) groups is 1. The molecule has 1 aliphatic heterocycles. The molecule has 0 spiro atoms. The van der Waals surface area contributed by atoms with Crippen LogP contribution < -0.4 is 0 Å². The molecule has 1 rings (SSSR count). The van der Waals surface area contributed by atoms with Crippen molar-refractivity contribution in [3.05, 3.63) is 11.8 Å². The van der Waals surface area contributed by atoms with Gasteiger partial charge in [0, 0.05) is 22.9 Å². The minimum atomic E-state index is 0.573. The van der Waals surface area contributed by atoms with Crippen LogP contribution in [0.5, 0.6) is 0 Å². The fourth-order valence-corrected chi connectivity index (χ4v) is 2.59. The van der Waals surface area contributed by atoms with Crippen LogP contribution in [0.25, 0.3) is 0 Å². The Morgan fingerprint density at radius 3 is 2.82 bits per heavy atom. The number of rotatable bonds is 7. The SMILES string of the molecule is CC1C=NC(CCCCCCN(C)C)=CCS1. The first kappa shape index (κ1) is 14.8. The van der Waals surface area contributed by atoms with Crippen molar-refractivity contribution in [3.63, 3.8) is 0 Å². The molecule has 17 heavy (non-hydrogen) atoms. The lowest BCUT2D eigenvalue weighted by atomic mass is 10.1. The summed E-state index contributed by atoms with van der Waals surface area (Å²) in [6.45, 7) is 3.43. The highest BCUT2D eigenvalue weighted by molar-refractivity contribution is 8.00. The molecule has 0 aromatic carbocycles. The topological polar surface area (TPSA) is 15.6 Å². The number of nitrogens with zero attached hydrogens (tertiary/aromatic N) is 2. The van der Waals surface area contributed by atoms with Crippen molar-refractivity contribution in [3.8, 4) is 0 Å². The van der Waals surface area contributed by atoms with Crippen LogP contribution in [0.2, 0.25) is 0 Å². The first-order valence-corrected chi connectivity index (χ1v) is 7.73. The van der Waals surface area contributed by atoms with Gasteiger partial charge in [0.05, 0.1) is 0 Å². The monoisotopic (exact) mass is 254 g/mol. The number of hydrogen-bond acceptors (Lipinski definition) is 3. The lowest BCUT2D eigenvalue weighted by molar-refractivity contribution is 0.390. The average molecular weight is 254 g/mol. The van der Waals surface area contributed by atoms with Gasteiger partial charge < -0.3 is 4.90 Å². The summed E-state index contributed by atoms with van der Waals surface area (Å²) in [6.07, 6.45) is 10.8. The quantitative estimate of drug-likeness (QED) is 0.645. The maximum Gasteiger partial charge on any atom is 0.0375 e.